The predicted molar refractivity (Wildman–Crippen MR) is 105 cm³/mol. The van der Waals surface area contributed by atoms with Crippen LogP contribution in [0.4, 0.5) is 4.39 Å². The fourth-order valence-electron chi connectivity index (χ4n) is 2.81. The summed E-state index contributed by atoms with van der Waals surface area (Å²) in [7, 11) is 0. The number of aromatic nitrogens is 4. The quantitative estimate of drug-likeness (QED) is 0.456. The SMILES string of the molecule is Cc1ccccc1-n1c(SCc2ccc(F)cc2)nnc1-c1ccncc1. The monoisotopic (exact) mass is 376 g/mol. The van der Waals surface area contributed by atoms with Gasteiger partial charge in [-0.1, -0.05) is 42.1 Å². The Hall–Kier alpha value is -2.99. The lowest BCUT2D eigenvalue weighted by Crippen LogP contribution is -2.02. The Labute approximate surface area is 161 Å². The van der Waals surface area contributed by atoms with Gasteiger partial charge in [0, 0.05) is 23.7 Å². The molecule has 0 N–H and O–H groups in total. The van der Waals surface area contributed by atoms with E-state index in [1.165, 1.54) is 12.1 Å². The molecule has 0 radical (unpaired) electrons. The third kappa shape index (κ3) is 3.75. The summed E-state index contributed by atoms with van der Waals surface area (Å²) in [4.78, 5) is 4.09. The van der Waals surface area contributed by atoms with E-state index in [-0.39, 0.29) is 5.82 Å². The molecule has 4 aromatic rings. The van der Waals surface area contributed by atoms with E-state index in [2.05, 4.69) is 38.8 Å². The molecule has 6 heteroatoms. The summed E-state index contributed by atoms with van der Waals surface area (Å²) in [6.45, 7) is 2.07. The van der Waals surface area contributed by atoms with Crippen LogP contribution in [0.1, 0.15) is 11.1 Å². The molecular weight excluding hydrogens is 359 g/mol. The van der Waals surface area contributed by atoms with Crippen molar-refractivity contribution in [2.75, 3.05) is 0 Å². The lowest BCUT2D eigenvalue weighted by atomic mass is 10.2. The van der Waals surface area contributed by atoms with E-state index in [0.29, 0.717) is 5.75 Å². The van der Waals surface area contributed by atoms with Gasteiger partial charge in [-0.3, -0.25) is 9.55 Å². The van der Waals surface area contributed by atoms with Gasteiger partial charge in [0.15, 0.2) is 11.0 Å². The van der Waals surface area contributed by atoms with Gasteiger partial charge in [0.1, 0.15) is 5.82 Å². The van der Waals surface area contributed by atoms with Crippen molar-refractivity contribution in [3.8, 4) is 17.1 Å². The molecule has 0 aliphatic carbocycles. The minimum absolute atomic E-state index is 0.230. The number of benzene rings is 2. The van der Waals surface area contributed by atoms with Gasteiger partial charge >= 0.3 is 0 Å². The number of hydrogen-bond donors (Lipinski definition) is 0. The van der Waals surface area contributed by atoms with E-state index in [1.807, 2.05) is 24.3 Å². The van der Waals surface area contributed by atoms with E-state index in [1.54, 1.807) is 36.3 Å². The van der Waals surface area contributed by atoms with Crippen molar-refractivity contribution in [1.82, 2.24) is 19.7 Å². The van der Waals surface area contributed by atoms with Crippen LogP contribution in [0, 0.1) is 12.7 Å². The Bertz CT molecular complexity index is 1050. The molecule has 0 atom stereocenters. The molecule has 0 amide bonds. The lowest BCUT2D eigenvalue weighted by molar-refractivity contribution is 0.627. The molecule has 0 unspecified atom stereocenters. The van der Waals surface area contributed by atoms with Gasteiger partial charge < -0.3 is 0 Å². The first kappa shape index (κ1) is 17.4. The van der Waals surface area contributed by atoms with Gasteiger partial charge in [-0.15, -0.1) is 10.2 Å². The predicted octanol–water partition coefficient (Wildman–Crippen LogP) is 5.07. The highest BCUT2D eigenvalue weighted by Gasteiger charge is 2.17. The molecule has 2 heterocycles. The van der Waals surface area contributed by atoms with Crippen LogP contribution in [0.5, 0.6) is 0 Å². The van der Waals surface area contributed by atoms with Gasteiger partial charge in [-0.2, -0.15) is 0 Å². The van der Waals surface area contributed by atoms with Crippen molar-refractivity contribution in [2.45, 2.75) is 17.8 Å². The van der Waals surface area contributed by atoms with Gasteiger partial charge in [0.05, 0.1) is 5.69 Å². The highest BCUT2D eigenvalue weighted by Crippen LogP contribution is 2.30. The molecule has 0 spiro atoms. The summed E-state index contributed by atoms with van der Waals surface area (Å²) >= 11 is 1.58. The van der Waals surface area contributed by atoms with Crippen LogP contribution < -0.4 is 0 Å². The van der Waals surface area contributed by atoms with Crippen LogP contribution in [0.25, 0.3) is 17.1 Å². The number of aryl methyl sites for hydroxylation is 1. The summed E-state index contributed by atoms with van der Waals surface area (Å²) in [6.07, 6.45) is 3.50. The molecule has 0 bridgehead atoms. The number of thioether (sulfide) groups is 1. The normalized spacial score (nSPS) is 10.9. The summed E-state index contributed by atoms with van der Waals surface area (Å²) < 4.78 is 15.2. The summed E-state index contributed by atoms with van der Waals surface area (Å²) in [6, 6.07) is 18.5. The number of para-hydroxylation sites is 1. The average molecular weight is 376 g/mol. The molecule has 0 saturated heterocycles. The molecular formula is C21H17FN4S. The van der Waals surface area contributed by atoms with Gasteiger partial charge in [0.25, 0.3) is 0 Å². The summed E-state index contributed by atoms with van der Waals surface area (Å²) in [5.41, 5.74) is 4.16. The number of nitrogens with zero attached hydrogens (tertiary/aromatic N) is 4. The minimum Gasteiger partial charge on any atom is -0.270 e. The van der Waals surface area contributed by atoms with Crippen molar-refractivity contribution in [3.05, 3.63) is 90.0 Å². The Morgan fingerprint density at radius 1 is 0.926 bits per heavy atom. The van der Waals surface area contributed by atoms with Crippen molar-refractivity contribution in [2.24, 2.45) is 0 Å². The van der Waals surface area contributed by atoms with Crippen LogP contribution in [0.3, 0.4) is 0 Å². The van der Waals surface area contributed by atoms with Crippen LogP contribution in [-0.2, 0) is 5.75 Å². The summed E-state index contributed by atoms with van der Waals surface area (Å²) in [5.74, 6) is 1.22. The van der Waals surface area contributed by atoms with Gasteiger partial charge in [0.2, 0.25) is 0 Å². The highest BCUT2D eigenvalue weighted by atomic mass is 32.2. The van der Waals surface area contributed by atoms with E-state index >= 15 is 0 Å². The van der Waals surface area contributed by atoms with E-state index < -0.39 is 0 Å². The molecule has 4 nitrogen and oxygen atoms in total. The standard InChI is InChI=1S/C21H17FN4S/c1-15-4-2-3-5-19(15)26-20(17-10-12-23-13-11-17)24-25-21(26)27-14-16-6-8-18(22)9-7-16/h2-13H,14H2,1H3. The van der Waals surface area contributed by atoms with Crippen LogP contribution in [-0.4, -0.2) is 19.7 Å². The molecule has 4 rings (SSSR count). The number of rotatable bonds is 5. The first-order chi connectivity index (χ1) is 13.2. The Kier molecular flexibility index (Phi) is 4.98. The average Bonchev–Trinajstić information content (AvgIpc) is 3.12. The van der Waals surface area contributed by atoms with Crippen LogP contribution in [0.15, 0.2) is 78.2 Å². The smallest absolute Gasteiger partial charge is 0.196 e. The topological polar surface area (TPSA) is 43.6 Å². The molecule has 0 aliphatic rings. The second-order valence-electron chi connectivity index (χ2n) is 6.08. The largest absolute Gasteiger partial charge is 0.270 e. The number of pyridine rings is 1. The van der Waals surface area contributed by atoms with Crippen molar-refractivity contribution in [1.29, 1.82) is 0 Å². The maximum Gasteiger partial charge on any atom is 0.196 e. The minimum atomic E-state index is -0.230. The maximum atomic E-state index is 13.1. The van der Waals surface area contributed by atoms with Crippen LogP contribution >= 0.6 is 11.8 Å². The zero-order valence-electron chi connectivity index (χ0n) is 14.7. The van der Waals surface area contributed by atoms with E-state index in [0.717, 1.165) is 33.4 Å². The molecule has 0 fully saturated rings. The fourth-order valence-corrected chi connectivity index (χ4v) is 3.71. The van der Waals surface area contributed by atoms with E-state index in [4.69, 9.17) is 0 Å². The highest BCUT2D eigenvalue weighted by molar-refractivity contribution is 7.98. The second kappa shape index (κ2) is 7.72. The summed E-state index contributed by atoms with van der Waals surface area (Å²) in [5, 5.41) is 9.65. The fraction of sp³-hybridized carbons (Fsp3) is 0.0952. The first-order valence-electron chi connectivity index (χ1n) is 8.51. The molecule has 2 aromatic carbocycles. The number of hydrogen-bond acceptors (Lipinski definition) is 4. The van der Waals surface area contributed by atoms with Crippen molar-refractivity contribution >= 4 is 11.8 Å². The number of halogens is 1. The van der Waals surface area contributed by atoms with Gasteiger partial charge in [-0.05, 0) is 48.4 Å². The molecule has 27 heavy (non-hydrogen) atoms. The van der Waals surface area contributed by atoms with Crippen molar-refractivity contribution in [3.63, 3.8) is 0 Å². The Morgan fingerprint density at radius 3 is 2.41 bits per heavy atom. The Balaban J connectivity index is 1.74. The van der Waals surface area contributed by atoms with Gasteiger partial charge in [-0.25, -0.2) is 4.39 Å². The van der Waals surface area contributed by atoms with Crippen molar-refractivity contribution < 1.29 is 4.39 Å². The maximum absolute atomic E-state index is 13.1. The molecule has 2 aromatic heterocycles. The zero-order valence-corrected chi connectivity index (χ0v) is 15.5. The van der Waals surface area contributed by atoms with Crippen LogP contribution in [0.2, 0.25) is 0 Å². The molecule has 0 saturated carbocycles. The third-order valence-corrected chi connectivity index (χ3v) is 5.21. The first-order valence-corrected chi connectivity index (χ1v) is 9.50. The lowest BCUT2D eigenvalue weighted by Gasteiger charge is -2.12. The molecule has 0 aliphatic heterocycles. The molecule has 134 valence electrons. The van der Waals surface area contributed by atoms with E-state index in [9.17, 15) is 4.39 Å². The Morgan fingerprint density at radius 2 is 1.67 bits per heavy atom. The zero-order chi connectivity index (χ0) is 18.6. The second-order valence-corrected chi connectivity index (χ2v) is 7.02. The third-order valence-electron chi connectivity index (χ3n) is 4.21.